The highest BCUT2D eigenvalue weighted by molar-refractivity contribution is 7.99. The summed E-state index contributed by atoms with van der Waals surface area (Å²) in [5.41, 5.74) is 1.81. The van der Waals surface area contributed by atoms with E-state index < -0.39 is 0 Å². The van der Waals surface area contributed by atoms with Crippen molar-refractivity contribution in [3.05, 3.63) is 36.5 Å². The maximum absolute atomic E-state index is 11.9. The number of thioether (sulfide) groups is 1. The molecule has 0 aliphatic heterocycles. The number of nitrogens with one attached hydrogen (secondary N) is 1. The van der Waals surface area contributed by atoms with E-state index in [0.717, 1.165) is 11.3 Å². The fraction of sp³-hybridized carbons (Fsp3) is 0.375. The molecular weight excluding hydrogens is 296 g/mol. The van der Waals surface area contributed by atoms with Crippen LogP contribution in [0, 0.1) is 5.92 Å². The molecule has 0 fully saturated rings. The summed E-state index contributed by atoms with van der Waals surface area (Å²) in [6.07, 6.45) is 1.77. The number of imidazole rings is 1. The Bertz CT molecular complexity index is 624. The number of nitrogens with zero attached hydrogens (tertiary/aromatic N) is 2. The van der Waals surface area contributed by atoms with E-state index in [2.05, 4.69) is 24.1 Å². The number of benzene rings is 1. The lowest BCUT2D eigenvalue weighted by Crippen LogP contribution is -2.37. The first kappa shape index (κ1) is 16.4. The third kappa shape index (κ3) is 4.27. The van der Waals surface area contributed by atoms with Crippen LogP contribution in [0.5, 0.6) is 0 Å². The zero-order valence-corrected chi connectivity index (χ0v) is 13.9. The van der Waals surface area contributed by atoms with Crippen molar-refractivity contribution >= 4 is 17.7 Å². The van der Waals surface area contributed by atoms with E-state index in [4.69, 9.17) is 5.84 Å². The Morgan fingerprint density at radius 2 is 2.00 bits per heavy atom. The molecule has 3 N–H and O–H groups in total. The van der Waals surface area contributed by atoms with Gasteiger partial charge >= 0.3 is 0 Å². The summed E-state index contributed by atoms with van der Waals surface area (Å²) >= 11 is 1.34. The van der Waals surface area contributed by atoms with Gasteiger partial charge in [-0.2, -0.15) is 0 Å². The molecule has 6 heteroatoms. The van der Waals surface area contributed by atoms with Gasteiger partial charge in [-0.15, -0.1) is 0 Å². The van der Waals surface area contributed by atoms with Crippen LogP contribution in [0.15, 0.2) is 41.7 Å². The molecule has 0 saturated heterocycles. The van der Waals surface area contributed by atoms with Crippen LogP contribution in [0.4, 0.5) is 0 Å². The van der Waals surface area contributed by atoms with Crippen molar-refractivity contribution in [1.82, 2.24) is 15.0 Å². The van der Waals surface area contributed by atoms with Gasteiger partial charge in [0.25, 0.3) is 0 Å². The summed E-state index contributed by atoms with van der Waals surface area (Å²) in [7, 11) is 0. The second-order valence-corrected chi connectivity index (χ2v) is 6.51. The standard InChI is InChI=1S/C16H22N4OS/c1-11(2)12(3)18-15(21)10-22-16-19-14(9-20(16)17)13-7-5-4-6-8-13/h4-9,11-12H,10,17H2,1-3H3,(H,18,21)/t12-/m1/s1. The Hall–Kier alpha value is -1.95. The minimum absolute atomic E-state index is 0.00420. The third-order valence-corrected chi connectivity index (χ3v) is 4.46. The molecule has 0 radical (unpaired) electrons. The molecule has 1 aromatic heterocycles. The number of amides is 1. The van der Waals surface area contributed by atoms with E-state index >= 15 is 0 Å². The molecule has 0 saturated carbocycles. The molecule has 2 rings (SSSR count). The second-order valence-electron chi connectivity index (χ2n) is 5.57. The summed E-state index contributed by atoms with van der Waals surface area (Å²) in [5.74, 6) is 6.63. The minimum atomic E-state index is -0.00420. The van der Waals surface area contributed by atoms with Gasteiger partial charge in [0.05, 0.1) is 17.6 Å². The molecule has 0 unspecified atom stereocenters. The average Bonchev–Trinajstić information content (AvgIpc) is 2.87. The molecular formula is C16H22N4OS. The predicted molar refractivity (Wildman–Crippen MR) is 91.0 cm³/mol. The fourth-order valence-electron chi connectivity index (χ4n) is 1.82. The highest BCUT2D eigenvalue weighted by Gasteiger charge is 2.13. The van der Waals surface area contributed by atoms with Gasteiger partial charge in [0.1, 0.15) is 0 Å². The molecule has 0 aliphatic carbocycles. The number of nitrogens with two attached hydrogens (primary N) is 1. The van der Waals surface area contributed by atoms with E-state index in [9.17, 15) is 4.79 Å². The highest BCUT2D eigenvalue weighted by Crippen LogP contribution is 2.22. The summed E-state index contributed by atoms with van der Waals surface area (Å²) in [5, 5.41) is 3.60. The molecule has 0 bridgehead atoms. The molecule has 1 aromatic carbocycles. The van der Waals surface area contributed by atoms with Gasteiger partial charge in [-0.25, -0.2) is 9.66 Å². The van der Waals surface area contributed by atoms with Crippen LogP contribution in [-0.2, 0) is 4.79 Å². The molecule has 2 aromatic rings. The quantitative estimate of drug-likeness (QED) is 0.634. The molecule has 22 heavy (non-hydrogen) atoms. The highest BCUT2D eigenvalue weighted by atomic mass is 32.2. The fourth-order valence-corrected chi connectivity index (χ4v) is 2.53. The van der Waals surface area contributed by atoms with Crippen molar-refractivity contribution in [3.8, 4) is 11.3 Å². The normalized spacial score (nSPS) is 12.4. The Kier molecular flexibility index (Phi) is 5.49. The van der Waals surface area contributed by atoms with Crippen molar-refractivity contribution < 1.29 is 4.79 Å². The van der Waals surface area contributed by atoms with Gasteiger partial charge in [-0.1, -0.05) is 55.9 Å². The Balaban J connectivity index is 1.97. The molecule has 0 aliphatic rings. The number of hydrogen-bond acceptors (Lipinski definition) is 4. The van der Waals surface area contributed by atoms with E-state index in [1.165, 1.54) is 16.4 Å². The largest absolute Gasteiger partial charge is 0.353 e. The summed E-state index contributed by atoms with van der Waals surface area (Å²) in [6, 6.07) is 9.99. The van der Waals surface area contributed by atoms with Gasteiger partial charge < -0.3 is 11.2 Å². The van der Waals surface area contributed by atoms with Crippen molar-refractivity contribution in [2.45, 2.75) is 32.0 Å². The van der Waals surface area contributed by atoms with E-state index in [0.29, 0.717) is 16.8 Å². The average molecular weight is 318 g/mol. The SMILES string of the molecule is CC(C)[C@@H](C)NC(=O)CSc1nc(-c2ccccc2)cn1N. The van der Waals surface area contributed by atoms with E-state index in [1.54, 1.807) is 6.20 Å². The Labute approximate surface area is 135 Å². The minimum Gasteiger partial charge on any atom is -0.353 e. The lowest BCUT2D eigenvalue weighted by atomic mass is 10.1. The maximum Gasteiger partial charge on any atom is 0.230 e. The maximum atomic E-state index is 11.9. The first-order valence-corrected chi connectivity index (χ1v) is 8.28. The molecule has 1 atom stereocenters. The van der Waals surface area contributed by atoms with Crippen LogP contribution in [0.25, 0.3) is 11.3 Å². The number of hydrogen-bond donors (Lipinski definition) is 2. The molecule has 118 valence electrons. The summed E-state index contributed by atoms with van der Waals surface area (Å²) in [4.78, 5) is 16.4. The Morgan fingerprint density at radius 3 is 2.64 bits per heavy atom. The summed E-state index contributed by atoms with van der Waals surface area (Å²) in [6.45, 7) is 6.16. The van der Waals surface area contributed by atoms with E-state index in [1.807, 2.05) is 37.3 Å². The zero-order valence-electron chi connectivity index (χ0n) is 13.1. The van der Waals surface area contributed by atoms with Crippen molar-refractivity contribution in [2.24, 2.45) is 5.92 Å². The molecule has 1 amide bonds. The van der Waals surface area contributed by atoms with Gasteiger partial charge in [0, 0.05) is 11.6 Å². The van der Waals surface area contributed by atoms with E-state index in [-0.39, 0.29) is 11.9 Å². The van der Waals surface area contributed by atoms with Gasteiger partial charge in [0.15, 0.2) is 5.16 Å². The first-order chi connectivity index (χ1) is 10.5. The number of rotatable bonds is 6. The summed E-state index contributed by atoms with van der Waals surface area (Å²) < 4.78 is 1.46. The molecule has 0 spiro atoms. The molecule has 5 nitrogen and oxygen atoms in total. The number of aromatic nitrogens is 2. The second kappa shape index (κ2) is 7.35. The topological polar surface area (TPSA) is 72.9 Å². The van der Waals surface area contributed by atoms with Crippen LogP contribution < -0.4 is 11.2 Å². The van der Waals surface area contributed by atoms with Crippen LogP contribution >= 0.6 is 11.8 Å². The van der Waals surface area contributed by atoms with Gasteiger partial charge in [-0.05, 0) is 12.8 Å². The lowest BCUT2D eigenvalue weighted by Gasteiger charge is -2.16. The third-order valence-electron chi connectivity index (χ3n) is 3.49. The lowest BCUT2D eigenvalue weighted by molar-refractivity contribution is -0.119. The van der Waals surface area contributed by atoms with Crippen LogP contribution in [0.3, 0.4) is 0 Å². The molecule has 1 heterocycles. The smallest absolute Gasteiger partial charge is 0.230 e. The van der Waals surface area contributed by atoms with Crippen molar-refractivity contribution in [3.63, 3.8) is 0 Å². The van der Waals surface area contributed by atoms with Crippen LogP contribution in [-0.4, -0.2) is 27.4 Å². The van der Waals surface area contributed by atoms with Gasteiger partial charge in [0.2, 0.25) is 5.91 Å². The van der Waals surface area contributed by atoms with Gasteiger partial charge in [-0.3, -0.25) is 4.79 Å². The number of nitrogen functional groups attached to an aromatic ring is 1. The number of carbonyl (C=O) groups excluding carboxylic acids is 1. The van der Waals surface area contributed by atoms with Crippen molar-refractivity contribution in [1.29, 1.82) is 0 Å². The predicted octanol–water partition coefficient (Wildman–Crippen LogP) is 2.52. The monoisotopic (exact) mass is 318 g/mol. The Morgan fingerprint density at radius 1 is 1.32 bits per heavy atom. The van der Waals surface area contributed by atoms with Crippen LogP contribution in [0.1, 0.15) is 20.8 Å². The number of carbonyl (C=O) groups is 1. The van der Waals surface area contributed by atoms with Crippen molar-refractivity contribution in [2.75, 3.05) is 11.6 Å². The van der Waals surface area contributed by atoms with Crippen LogP contribution in [0.2, 0.25) is 0 Å². The first-order valence-electron chi connectivity index (χ1n) is 7.29. The zero-order chi connectivity index (χ0) is 16.1.